The van der Waals surface area contributed by atoms with Crippen LogP contribution in [0.3, 0.4) is 0 Å². The van der Waals surface area contributed by atoms with Crippen LogP contribution in [-0.2, 0) is 23.5 Å². The summed E-state index contributed by atoms with van der Waals surface area (Å²) >= 11 is 0. The van der Waals surface area contributed by atoms with Crippen molar-refractivity contribution in [3.8, 4) is 0 Å². The molecule has 0 aliphatic heterocycles. The Morgan fingerprint density at radius 3 is 1.50 bits per heavy atom. The molecule has 0 radical (unpaired) electrons. The van der Waals surface area contributed by atoms with Gasteiger partial charge in [-0.3, -0.25) is 0 Å². The summed E-state index contributed by atoms with van der Waals surface area (Å²) in [6.07, 6.45) is 3.28. The normalized spacial score (nSPS) is 11.0. The van der Waals surface area contributed by atoms with Crippen LogP contribution in [0.4, 0.5) is 0 Å². The molecule has 0 aromatic carbocycles. The number of unbranched alkanes of at least 4 members (excludes halogenated alkanes) is 2. The number of hydrogen-bond acceptors (Lipinski definition) is 7. The highest BCUT2D eigenvalue weighted by atomic mass is 32.3. The van der Waals surface area contributed by atoms with E-state index in [-0.39, 0.29) is 26.4 Å². The van der Waals surface area contributed by atoms with Gasteiger partial charge >= 0.3 is 10.4 Å². The van der Waals surface area contributed by atoms with E-state index < -0.39 is 10.4 Å². The summed E-state index contributed by atoms with van der Waals surface area (Å²) < 4.78 is 35.6. The standard InChI is InChI=1S/C8H18O4S.C4H10O3/c1-3-5-7-11-13(9,10)12-8-6-4-2;5-1-3-7-4-2-6/h3-8H2,1-2H3;5-6H,1-4H2. The van der Waals surface area contributed by atoms with Crippen LogP contribution in [0.5, 0.6) is 0 Å². The van der Waals surface area contributed by atoms with Gasteiger partial charge in [-0.25, -0.2) is 8.37 Å². The third-order valence-electron chi connectivity index (χ3n) is 1.92. The Balaban J connectivity index is 0. The minimum Gasteiger partial charge on any atom is -0.394 e. The lowest BCUT2D eigenvalue weighted by Crippen LogP contribution is -2.11. The van der Waals surface area contributed by atoms with Gasteiger partial charge in [-0.2, -0.15) is 8.42 Å². The molecule has 0 saturated heterocycles. The molecule has 7 nitrogen and oxygen atoms in total. The van der Waals surface area contributed by atoms with Crippen LogP contribution in [0.1, 0.15) is 39.5 Å². The molecule has 0 saturated carbocycles. The summed E-state index contributed by atoms with van der Waals surface area (Å²) in [5.74, 6) is 0. The molecule has 0 unspecified atom stereocenters. The smallest absolute Gasteiger partial charge is 0.394 e. The molecule has 124 valence electrons. The summed E-state index contributed by atoms with van der Waals surface area (Å²) in [6.45, 7) is 5.05. The second kappa shape index (κ2) is 16.8. The number of aliphatic hydroxyl groups is 2. The van der Waals surface area contributed by atoms with E-state index in [2.05, 4.69) is 13.1 Å². The summed E-state index contributed by atoms with van der Waals surface area (Å²) in [6, 6.07) is 0. The van der Waals surface area contributed by atoms with E-state index in [1.165, 1.54) is 0 Å². The SMILES string of the molecule is CCCCOS(=O)(=O)OCCCC.OCCOCCO. The van der Waals surface area contributed by atoms with E-state index in [0.717, 1.165) is 25.7 Å². The second-order valence-corrected chi connectivity index (χ2v) is 5.11. The van der Waals surface area contributed by atoms with Gasteiger partial charge < -0.3 is 14.9 Å². The van der Waals surface area contributed by atoms with Crippen LogP contribution in [0.2, 0.25) is 0 Å². The monoisotopic (exact) mass is 316 g/mol. The first-order valence-electron chi connectivity index (χ1n) is 6.87. The fourth-order valence-corrected chi connectivity index (χ4v) is 1.59. The van der Waals surface area contributed by atoms with Crippen LogP contribution in [0, 0.1) is 0 Å². The summed E-state index contributed by atoms with van der Waals surface area (Å²) in [7, 11) is -3.73. The minimum atomic E-state index is -3.73. The molecule has 2 N–H and O–H groups in total. The molecule has 0 aromatic rings. The van der Waals surface area contributed by atoms with Crippen molar-refractivity contribution in [1.82, 2.24) is 0 Å². The largest absolute Gasteiger partial charge is 0.399 e. The van der Waals surface area contributed by atoms with E-state index in [0.29, 0.717) is 13.2 Å². The molecule has 0 spiro atoms. The van der Waals surface area contributed by atoms with Crippen molar-refractivity contribution in [1.29, 1.82) is 0 Å². The van der Waals surface area contributed by atoms with E-state index in [1.54, 1.807) is 0 Å². The molecule has 0 amide bonds. The van der Waals surface area contributed by atoms with Gasteiger partial charge in [0.15, 0.2) is 0 Å². The maximum atomic E-state index is 10.9. The fraction of sp³-hybridized carbons (Fsp3) is 1.00. The van der Waals surface area contributed by atoms with Crippen molar-refractivity contribution in [3.05, 3.63) is 0 Å². The maximum Gasteiger partial charge on any atom is 0.399 e. The summed E-state index contributed by atoms with van der Waals surface area (Å²) in [4.78, 5) is 0. The molecular formula is C12H28O7S. The lowest BCUT2D eigenvalue weighted by atomic mass is 10.4. The molecule has 0 heterocycles. The molecule has 0 aromatic heterocycles. The first kappa shape index (κ1) is 22.0. The molecule has 0 rings (SSSR count). The van der Waals surface area contributed by atoms with E-state index >= 15 is 0 Å². The topological polar surface area (TPSA) is 102 Å². The Bertz CT molecular complexity index is 247. The first-order chi connectivity index (χ1) is 9.54. The quantitative estimate of drug-likeness (QED) is 0.515. The second-order valence-electron chi connectivity index (χ2n) is 3.82. The first-order valence-corrected chi connectivity index (χ1v) is 8.20. The number of aliphatic hydroxyl groups excluding tert-OH is 2. The zero-order valence-electron chi connectivity index (χ0n) is 12.4. The van der Waals surface area contributed by atoms with Gasteiger partial charge in [-0.1, -0.05) is 26.7 Å². The number of ether oxygens (including phenoxy) is 1. The maximum absolute atomic E-state index is 10.9. The van der Waals surface area contributed by atoms with Gasteiger partial charge in [0.1, 0.15) is 0 Å². The third-order valence-corrected chi connectivity index (χ3v) is 2.83. The average molecular weight is 316 g/mol. The van der Waals surface area contributed by atoms with Crippen molar-refractivity contribution in [3.63, 3.8) is 0 Å². The molecule has 0 atom stereocenters. The van der Waals surface area contributed by atoms with Gasteiger partial charge in [0.05, 0.1) is 39.6 Å². The number of hydrogen-bond donors (Lipinski definition) is 2. The van der Waals surface area contributed by atoms with Crippen molar-refractivity contribution >= 4 is 10.4 Å². The predicted molar refractivity (Wildman–Crippen MR) is 75.6 cm³/mol. The highest BCUT2D eigenvalue weighted by Crippen LogP contribution is 2.00. The summed E-state index contributed by atoms with van der Waals surface area (Å²) in [5, 5.41) is 16.2. The molecule has 0 aliphatic rings. The zero-order valence-corrected chi connectivity index (χ0v) is 13.2. The third kappa shape index (κ3) is 20.1. The van der Waals surface area contributed by atoms with E-state index in [9.17, 15) is 8.42 Å². The predicted octanol–water partition coefficient (Wildman–Crippen LogP) is 0.852. The van der Waals surface area contributed by atoms with Crippen LogP contribution in [0.15, 0.2) is 0 Å². The van der Waals surface area contributed by atoms with E-state index in [1.807, 2.05) is 13.8 Å². The van der Waals surface area contributed by atoms with Crippen LogP contribution in [-0.4, -0.2) is 58.3 Å². The Hall–Kier alpha value is -0.250. The lowest BCUT2D eigenvalue weighted by Gasteiger charge is -2.04. The Kier molecular flexibility index (Phi) is 18.5. The highest BCUT2D eigenvalue weighted by Gasteiger charge is 2.10. The average Bonchev–Trinajstić information content (AvgIpc) is 2.40. The fourth-order valence-electron chi connectivity index (χ4n) is 0.876. The Labute approximate surface area is 122 Å². The molecule has 0 fully saturated rings. The van der Waals surface area contributed by atoms with Crippen LogP contribution >= 0.6 is 0 Å². The Morgan fingerprint density at radius 1 is 0.800 bits per heavy atom. The van der Waals surface area contributed by atoms with Gasteiger partial charge in [-0.15, -0.1) is 0 Å². The summed E-state index contributed by atoms with van der Waals surface area (Å²) in [5.41, 5.74) is 0. The van der Waals surface area contributed by atoms with Gasteiger partial charge in [-0.05, 0) is 12.8 Å². The molecule has 20 heavy (non-hydrogen) atoms. The highest BCUT2D eigenvalue weighted by molar-refractivity contribution is 7.81. The van der Waals surface area contributed by atoms with Crippen molar-refractivity contribution in [2.75, 3.05) is 39.6 Å². The van der Waals surface area contributed by atoms with Gasteiger partial charge in [0.25, 0.3) is 0 Å². The lowest BCUT2D eigenvalue weighted by molar-refractivity contribution is 0.0650. The zero-order chi connectivity index (χ0) is 15.7. The minimum absolute atomic E-state index is 0.0278. The molecule has 0 aliphatic carbocycles. The van der Waals surface area contributed by atoms with Crippen LogP contribution in [0.25, 0.3) is 0 Å². The van der Waals surface area contributed by atoms with Crippen molar-refractivity contribution in [2.24, 2.45) is 0 Å². The van der Waals surface area contributed by atoms with Gasteiger partial charge in [0.2, 0.25) is 0 Å². The Morgan fingerprint density at radius 2 is 1.20 bits per heavy atom. The molecule has 0 bridgehead atoms. The van der Waals surface area contributed by atoms with Gasteiger partial charge in [0, 0.05) is 0 Å². The van der Waals surface area contributed by atoms with Crippen molar-refractivity contribution < 1.29 is 31.7 Å². The van der Waals surface area contributed by atoms with Crippen LogP contribution < -0.4 is 0 Å². The van der Waals surface area contributed by atoms with Crippen molar-refractivity contribution in [2.45, 2.75) is 39.5 Å². The number of rotatable bonds is 12. The van der Waals surface area contributed by atoms with E-state index in [4.69, 9.17) is 10.2 Å². The molecule has 8 heteroatoms. The molecular weight excluding hydrogens is 288 g/mol.